The molecule has 0 bridgehead atoms. The minimum Gasteiger partial charge on any atom is -0.342 e. The lowest BCUT2D eigenvalue weighted by Gasteiger charge is -2.41. The summed E-state index contributed by atoms with van der Waals surface area (Å²) < 4.78 is 5.61. The number of nitrogens with zero attached hydrogens (tertiary/aromatic N) is 4. The number of amides is 1. The van der Waals surface area contributed by atoms with Gasteiger partial charge in [-0.25, -0.2) is 0 Å². The van der Waals surface area contributed by atoms with E-state index >= 15 is 0 Å². The van der Waals surface area contributed by atoms with Gasteiger partial charge in [-0.1, -0.05) is 35.5 Å². The number of aromatic nitrogens is 2. The van der Waals surface area contributed by atoms with Crippen LogP contribution in [0.3, 0.4) is 0 Å². The van der Waals surface area contributed by atoms with Crippen LogP contribution in [0.15, 0.2) is 34.9 Å². The summed E-state index contributed by atoms with van der Waals surface area (Å²) in [4.78, 5) is 20.9. The number of likely N-dealkylation sites (tertiary alicyclic amines) is 2. The highest BCUT2D eigenvalue weighted by Crippen LogP contribution is 2.44. The van der Waals surface area contributed by atoms with E-state index in [4.69, 9.17) is 4.52 Å². The topological polar surface area (TPSA) is 62.5 Å². The molecule has 2 aliphatic heterocycles. The van der Waals surface area contributed by atoms with Crippen LogP contribution in [0.4, 0.5) is 0 Å². The number of carbonyl (C=O) groups is 1. The summed E-state index contributed by atoms with van der Waals surface area (Å²) in [6.45, 7) is 7.73. The fourth-order valence-electron chi connectivity index (χ4n) is 4.40. The number of piperidine rings is 1. The van der Waals surface area contributed by atoms with Gasteiger partial charge in [-0.05, 0) is 24.8 Å². The van der Waals surface area contributed by atoms with Crippen molar-refractivity contribution >= 4 is 5.91 Å². The summed E-state index contributed by atoms with van der Waals surface area (Å²) in [6.07, 6.45) is 0.978. The van der Waals surface area contributed by atoms with Crippen molar-refractivity contribution in [1.29, 1.82) is 0 Å². The molecule has 4 rings (SSSR count). The van der Waals surface area contributed by atoms with E-state index in [9.17, 15) is 4.79 Å². The molecule has 2 atom stereocenters. The average molecular weight is 340 g/mol. The molecule has 3 heterocycles. The van der Waals surface area contributed by atoms with E-state index in [-0.39, 0.29) is 11.3 Å². The maximum Gasteiger partial charge on any atom is 0.236 e. The van der Waals surface area contributed by atoms with Crippen molar-refractivity contribution in [3.8, 4) is 0 Å². The van der Waals surface area contributed by atoms with Crippen molar-refractivity contribution in [3.63, 3.8) is 0 Å². The van der Waals surface area contributed by atoms with Gasteiger partial charge in [0.05, 0.1) is 5.41 Å². The Morgan fingerprint density at radius 1 is 1.32 bits per heavy atom. The summed E-state index contributed by atoms with van der Waals surface area (Å²) in [7, 11) is 0. The van der Waals surface area contributed by atoms with Crippen LogP contribution in [0.25, 0.3) is 0 Å². The normalized spacial score (nSPS) is 26.6. The third-order valence-corrected chi connectivity index (χ3v) is 5.63. The summed E-state index contributed by atoms with van der Waals surface area (Å²) >= 11 is 0. The number of hydrogen-bond donors (Lipinski definition) is 0. The number of fused-ring (bicyclic) bond motifs is 1. The van der Waals surface area contributed by atoms with Gasteiger partial charge in [0.2, 0.25) is 11.8 Å². The van der Waals surface area contributed by atoms with Gasteiger partial charge in [0.15, 0.2) is 5.82 Å². The number of benzene rings is 1. The Labute approximate surface area is 147 Å². The van der Waals surface area contributed by atoms with Gasteiger partial charge in [-0.2, -0.15) is 4.98 Å². The largest absolute Gasteiger partial charge is 0.342 e. The van der Waals surface area contributed by atoms with E-state index < -0.39 is 0 Å². The second-order valence-corrected chi connectivity index (χ2v) is 7.38. The van der Waals surface area contributed by atoms with Crippen LogP contribution < -0.4 is 0 Å². The van der Waals surface area contributed by atoms with Crippen molar-refractivity contribution in [1.82, 2.24) is 19.9 Å². The molecule has 0 N–H and O–H groups in total. The Balaban J connectivity index is 1.63. The number of rotatable bonds is 3. The lowest BCUT2D eigenvalue weighted by molar-refractivity contribution is -0.131. The molecule has 2 saturated heterocycles. The minimum atomic E-state index is -0.250. The average Bonchev–Trinajstić information content (AvgIpc) is 3.19. The first kappa shape index (κ1) is 16.3. The van der Waals surface area contributed by atoms with Gasteiger partial charge in [0.1, 0.15) is 0 Å². The highest BCUT2D eigenvalue weighted by Gasteiger charge is 2.54. The maximum atomic E-state index is 12.0. The van der Waals surface area contributed by atoms with Gasteiger partial charge in [0.25, 0.3) is 0 Å². The molecular weight excluding hydrogens is 316 g/mol. The van der Waals surface area contributed by atoms with Crippen LogP contribution in [0.1, 0.15) is 30.6 Å². The van der Waals surface area contributed by atoms with Crippen molar-refractivity contribution in [3.05, 3.63) is 47.6 Å². The molecule has 1 aromatic carbocycles. The zero-order valence-corrected chi connectivity index (χ0v) is 14.8. The van der Waals surface area contributed by atoms with Crippen molar-refractivity contribution in [2.24, 2.45) is 5.92 Å². The molecule has 0 radical (unpaired) electrons. The SMILES string of the molecule is CC(=O)N1CC[C@H]2CN(Cc3ccccc3)C[C@@]2(c2nc(C)no2)C1. The summed E-state index contributed by atoms with van der Waals surface area (Å²) in [5.74, 6) is 1.91. The van der Waals surface area contributed by atoms with Crippen molar-refractivity contribution < 1.29 is 9.32 Å². The minimum absolute atomic E-state index is 0.121. The predicted molar refractivity (Wildman–Crippen MR) is 92.8 cm³/mol. The van der Waals surface area contributed by atoms with Crippen LogP contribution in [0, 0.1) is 12.8 Å². The van der Waals surface area contributed by atoms with Crippen molar-refractivity contribution in [2.75, 3.05) is 26.2 Å². The molecule has 2 fully saturated rings. The third-order valence-electron chi connectivity index (χ3n) is 5.63. The second kappa shape index (κ2) is 6.26. The Kier molecular flexibility index (Phi) is 4.07. The fraction of sp³-hybridized carbons (Fsp3) is 0.526. The van der Waals surface area contributed by atoms with E-state index in [2.05, 4.69) is 39.3 Å². The highest BCUT2D eigenvalue weighted by molar-refractivity contribution is 5.73. The van der Waals surface area contributed by atoms with Gasteiger partial charge < -0.3 is 9.42 Å². The van der Waals surface area contributed by atoms with Crippen LogP contribution in [0.2, 0.25) is 0 Å². The van der Waals surface area contributed by atoms with E-state index in [0.717, 1.165) is 32.6 Å². The first-order valence-electron chi connectivity index (χ1n) is 8.89. The molecule has 0 aliphatic carbocycles. The van der Waals surface area contributed by atoms with E-state index in [0.29, 0.717) is 24.2 Å². The smallest absolute Gasteiger partial charge is 0.236 e. The molecule has 0 saturated carbocycles. The summed E-state index contributed by atoms with van der Waals surface area (Å²) in [6, 6.07) is 10.5. The second-order valence-electron chi connectivity index (χ2n) is 7.38. The lowest BCUT2D eigenvalue weighted by Crippen LogP contribution is -2.53. The van der Waals surface area contributed by atoms with Crippen LogP contribution in [-0.2, 0) is 16.8 Å². The Morgan fingerprint density at radius 2 is 2.12 bits per heavy atom. The Hall–Kier alpha value is -2.21. The first-order valence-corrected chi connectivity index (χ1v) is 8.89. The standard InChI is InChI=1S/C19H24N4O2/c1-14-20-18(25-21-14)19-12-22(10-16-6-4-3-5-7-16)11-17(19)8-9-23(13-19)15(2)24/h3-7,17H,8-13H2,1-2H3/t17-,19+/m0/s1. The third kappa shape index (κ3) is 2.95. The number of aryl methyl sites for hydroxylation is 1. The van der Waals surface area contributed by atoms with E-state index in [1.54, 1.807) is 6.92 Å². The van der Waals surface area contributed by atoms with E-state index in [1.165, 1.54) is 5.56 Å². The molecule has 2 aliphatic rings. The molecular formula is C19H24N4O2. The predicted octanol–water partition coefficient (Wildman–Crippen LogP) is 2.00. The molecule has 1 amide bonds. The number of carbonyl (C=O) groups excluding carboxylic acids is 1. The van der Waals surface area contributed by atoms with Crippen molar-refractivity contribution in [2.45, 2.75) is 32.2 Å². The first-order chi connectivity index (χ1) is 12.1. The fourth-order valence-corrected chi connectivity index (χ4v) is 4.40. The quantitative estimate of drug-likeness (QED) is 0.855. The van der Waals surface area contributed by atoms with Gasteiger partial charge in [-0.15, -0.1) is 0 Å². The van der Waals surface area contributed by atoms with Crippen LogP contribution in [-0.4, -0.2) is 52.0 Å². The molecule has 0 unspecified atom stereocenters. The van der Waals surface area contributed by atoms with Gasteiger partial charge in [0, 0.05) is 39.6 Å². The molecule has 2 aromatic rings. The molecule has 132 valence electrons. The van der Waals surface area contributed by atoms with E-state index in [1.807, 2.05) is 17.9 Å². The van der Waals surface area contributed by atoms with Crippen LogP contribution >= 0.6 is 0 Å². The monoisotopic (exact) mass is 340 g/mol. The maximum absolute atomic E-state index is 12.0. The molecule has 0 spiro atoms. The number of hydrogen-bond acceptors (Lipinski definition) is 5. The molecule has 6 heteroatoms. The highest BCUT2D eigenvalue weighted by atomic mass is 16.5. The summed E-state index contributed by atoms with van der Waals surface area (Å²) in [5, 5.41) is 4.02. The lowest BCUT2D eigenvalue weighted by atomic mass is 9.73. The Morgan fingerprint density at radius 3 is 2.80 bits per heavy atom. The molecule has 25 heavy (non-hydrogen) atoms. The molecule has 1 aromatic heterocycles. The summed E-state index contributed by atoms with van der Waals surface area (Å²) in [5.41, 5.74) is 1.06. The zero-order chi connectivity index (χ0) is 17.4. The molecule has 6 nitrogen and oxygen atoms in total. The Bertz CT molecular complexity index is 760. The van der Waals surface area contributed by atoms with Crippen LogP contribution in [0.5, 0.6) is 0 Å². The van der Waals surface area contributed by atoms with Gasteiger partial charge >= 0.3 is 0 Å². The zero-order valence-electron chi connectivity index (χ0n) is 14.8. The van der Waals surface area contributed by atoms with Gasteiger partial charge in [-0.3, -0.25) is 9.69 Å².